The summed E-state index contributed by atoms with van der Waals surface area (Å²) in [5.41, 5.74) is 8.22. The highest BCUT2D eigenvalue weighted by molar-refractivity contribution is 5.86. The van der Waals surface area contributed by atoms with E-state index in [2.05, 4.69) is 52.7 Å². The molecule has 1 aliphatic heterocycles. The van der Waals surface area contributed by atoms with E-state index in [9.17, 15) is 9.59 Å². The lowest BCUT2D eigenvalue weighted by atomic mass is 9.85. The number of hydrogen-bond acceptors (Lipinski definition) is 3. The van der Waals surface area contributed by atoms with Crippen LogP contribution in [0.1, 0.15) is 104 Å². The molecule has 0 saturated heterocycles. The van der Waals surface area contributed by atoms with Crippen LogP contribution in [-0.4, -0.2) is 34.0 Å². The molecule has 0 radical (unpaired) electrons. The summed E-state index contributed by atoms with van der Waals surface area (Å²) in [5, 5.41) is 1.34. The number of ether oxygens (including phenoxy) is 1. The van der Waals surface area contributed by atoms with Gasteiger partial charge >= 0.3 is 6.09 Å². The Morgan fingerprint density at radius 3 is 2.29 bits per heavy atom. The third-order valence-corrected chi connectivity index (χ3v) is 6.50. The molecule has 6 heteroatoms. The molecule has 4 rings (SSSR count). The SMILES string of the molecule is CC.CC(C)(C)OC(N)=O.CC(C)CC1c2[nH]c3ccccc3c2CCN1C(=O)C1CCCCC1. The van der Waals surface area contributed by atoms with E-state index >= 15 is 0 Å². The molecule has 2 amide bonds. The predicted molar refractivity (Wildman–Crippen MR) is 144 cm³/mol. The van der Waals surface area contributed by atoms with Crippen LogP contribution in [0.3, 0.4) is 0 Å². The summed E-state index contributed by atoms with van der Waals surface area (Å²) in [7, 11) is 0. The first-order valence-electron chi connectivity index (χ1n) is 13.4. The smallest absolute Gasteiger partial charge is 0.405 e. The molecule has 2 heterocycles. The second-order valence-corrected chi connectivity index (χ2v) is 10.9. The monoisotopic (exact) mass is 485 g/mol. The topological polar surface area (TPSA) is 88.4 Å². The van der Waals surface area contributed by atoms with Crippen LogP contribution in [0.4, 0.5) is 4.79 Å². The zero-order valence-electron chi connectivity index (χ0n) is 22.9. The Balaban J connectivity index is 0.000000371. The summed E-state index contributed by atoms with van der Waals surface area (Å²) in [4.78, 5) is 29.2. The van der Waals surface area contributed by atoms with Crippen molar-refractivity contribution in [3.8, 4) is 0 Å². The molecular formula is C29H47N3O3. The number of primary amides is 1. The Morgan fingerprint density at radius 1 is 1.11 bits per heavy atom. The number of amides is 2. The number of nitrogens with zero attached hydrogens (tertiary/aromatic N) is 1. The van der Waals surface area contributed by atoms with Crippen LogP contribution in [0.2, 0.25) is 0 Å². The number of carbonyl (C=O) groups excluding carboxylic acids is 2. The summed E-state index contributed by atoms with van der Waals surface area (Å²) >= 11 is 0. The largest absolute Gasteiger partial charge is 0.444 e. The van der Waals surface area contributed by atoms with Crippen LogP contribution >= 0.6 is 0 Å². The Bertz CT molecular complexity index is 952. The summed E-state index contributed by atoms with van der Waals surface area (Å²) in [5.74, 6) is 1.24. The first kappa shape index (κ1) is 28.7. The van der Waals surface area contributed by atoms with Gasteiger partial charge in [-0.25, -0.2) is 4.79 Å². The lowest BCUT2D eigenvalue weighted by molar-refractivity contribution is -0.140. The minimum Gasteiger partial charge on any atom is -0.444 e. The van der Waals surface area contributed by atoms with Gasteiger partial charge in [0.25, 0.3) is 0 Å². The zero-order valence-corrected chi connectivity index (χ0v) is 22.9. The third kappa shape index (κ3) is 8.01. The lowest BCUT2D eigenvalue weighted by Crippen LogP contribution is -2.44. The van der Waals surface area contributed by atoms with Gasteiger partial charge < -0.3 is 20.4 Å². The Kier molecular flexibility index (Phi) is 10.7. The molecule has 0 spiro atoms. The fraction of sp³-hybridized carbons (Fsp3) is 0.655. The average Bonchev–Trinajstić information content (AvgIpc) is 3.18. The number of carbonyl (C=O) groups is 2. The number of hydrogen-bond donors (Lipinski definition) is 2. The van der Waals surface area contributed by atoms with Crippen molar-refractivity contribution in [3.05, 3.63) is 35.5 Å². The molecule has 1 unspecified atom stereocenters. The first-order chi connectivity index (χ1) is 16.6. The van der Waals surface area contributed by atoms with Crippen molar-refractivity contribution in [3.63, 3.8) is 0 Å². The second kappa shape index (κ2) is 13.0. The fourth-order valence-corrected chi connectivity index (χ4v) is 5.16. The van der Waals surface area contributed by atoms with Gasteiger partial charge in [-0.15, -0.1) is 0 Å². The van der Waals surface area contributed by atoms with E-state index in [4.69, 9.17) is 5.73 Å². The summed E-state index contributed by atoms with van der Waals surface area (Å²) in [6.45, 7) is 14.7. The summed E-state index contributed by atoms with van der Waals surface area (Å²) in [6, 6.07) is 8.80. The Hall–Kier alpha value is -2.50. The molecule has 1 saturated carbocycles. The number of nitrogens with two attached hydrogens (primary N) is 1. The number of aromatic amines is 1. The van der Waals surface area contributed by atoms with Gasteiger partial charge in [0.1, 0.15) is 5.60 Å². The Labute approximate surface area is 212 Å². The maximum absolute atomic E-state index is 13.3. The van der Waals surface area contributed by atoms with Gasteiger partial charge in [0.2, 0.25) is 5.91 Å². The molecule has 1 atom stereocenters. The highest BCUT2D eigenvalue weighted by atomic mass is 16.6. The van der Waals surface area contributed by atoms with Gasteiger partial charge in [0, 0.05) is 29.1 Å². The molecule has 1 aromatic carbocycles. The van der Waals surface area contributed by atoms with Gasteiger partial charge in [-0.2, -0.15) is 0 Å². The third-order valence-electron chi connectivity index (χ3n) is 6.50. The van der Waals surface area contributed by atoms with Crippen LogP contribution < -0.4 is 5.73 Å². The van der Waals surface area contributed by atoms with Crippen LogP contribution in [0.15, 0.2) is 24.3 Å². The van der Waals surface area contributed by atoms with Crippen molar-refractivity contribution >= 4 is 22.9 Å². The van der Waals surface area contributed by atoms with E-state index in [1.807, 2.05) is 13.8 Å². The van der Waals surface area contributed by atoms with Crippen molar-refractivity contribution in [2.24, 2.45) is 17.6 Å². The number of aromatic nitrogens is 1. The molecule has 35 heavy (non-hydrogen) atoms. The number of nitrogens with one attached hydrogen (secondary N) is 1. The van der Waals surface area contributed by atoms with Gasteiger partial charge in [0.05, 0.1) is 6.04 Å². The van der Waals surface area contributed by atoms with E-state index in [1.165, 1.54) is 41.4 Å². The predicted octanol–water partition coefficient (Wildman–Crippen LogP) is 7.13. The highest BCUT2D eigenvalue weighted by Crippen LogP contribution is 2.39. The molecule has 1 aliphatic carbocycles. The zero-order chi connectivity index (χ0) is 26.2. The molecule has 1 fully saturated rings. The van der Waals surface area contributed by atoms with Crippen molar-refractivity contribution in [1.82, 2.24) is 9.88 Å². The number of fused-ring (bicyclic) bond motifs is 3. The van der Waals surface area contributed by atoms with Crippen molar-refractivity contribution < 1.29 is 14.3 Å². The minimum absolute atomic E-state index is 0.213. The fourth-order valence-electron chi connectivity index (χ4n) is 5.16. The molecule has 196 valence electrons. The number of rotatable bonds is 3. The van der Waals surface area contributed by atoms with Crippen molar-refractivity contribution in [1.29, 1.82) is 0 Å². The van der Waals surface area contributed by atoms with E-state index < -0.39 is 11.7 Å². The highest BCUT2D eigenvalue weighted by Gasteiger charge is 2.36. The van der Waals surface area contributed by atoms with Crippen LogP contribution in [0.25, 0.3) is 10.9 Å². The van der Waals surface area contributed by atoms with Crippen LogP contribution in [0, 0.1) is 11.8 Å². The maximum atomic E-state index is 13.3. The van der Waals surface area contributed by atoms with Gasteiger partial charge in [-0.05, 0) is 64.0 Å². The molecule has 0 bridgehead atoms. The molecule has 2 aromatic rings. The quantitative estimate of drug-likeness (QED) is 0.485. The van der Waals surface area contributed by atoms with E-state index in [0.717, 1.165) is 32.2 Å². The molecule has 3 N–H and O–H groups in total. The van der Waals surface area contributed by atoms with Gasteiger partial charge in [0.15, 0.2) is 0 Å². The van der Waals surface area contributed by atoms with Crippen molar-refractivity contribution in [2.45, 2.75) is 105 Å². The average molecular weight is 486 g/mol. The molecular weight excluding hydrogens is 438 g/mol. The Morgan fingerprint density at radius 2 is 1.74 bits per heavy atom. The van der Waals surface area contributed by atoms with Gasteiger partial charge in [-0.1, -0.05) is 65.2 Å². The lowest BCUT2D eigenvalue weighted by Gasteiger charge is -2.39. The summed E-state index contributed by atoms with van der Waals surface area (Å²) < 4.78 is 4.58. The van der Waals surface area contributed by atoms with Crippen molar-refractivity contribution in [2.75, 3.05) is 6.54 Å². The number of benzene rings is 1. The number of para-hydroxylation sites is 1. The standard InChI is InChI=1S/C22H30N2O.C5H11NO2.C2H6/c1-15(2)14-20-21-18(17-10-6-7-11-19(17)23-21)12-13-24(20)22(25)16-8-4-3-5-9-16;1-5(2,3)8-4(6)7;1-2/h6-7,10-11,15-16,20,23H,3-5,8-9,12-14H2,1-2H3;1-3H3,(H2,6,7);1-2H3. The normalized spacial score (nSPS) is 18.2. The van der Waals surface area contributed by atoms with E-state index in [0.29, 0.717) is 11.8 Å². The van der Waals surface area contributed by atoms with Crippen LogP contribution in [-0.2, 0) is 16.0 Å². The molecule has 1 aromatic heterocycles. The van der Waals surface area contributed by atoms with E-state index in [1.54, 1.807) is 20.8 Å². The van der Waals surface area contributed by atoms with Crippen LogP contribution in [0.5, 0.6) is 0 Å². The molecule has 6 nitrogen and oxygen atoms in total. The maximum Gasteiger partial charge on any atom is 0.405 e. The number of H-pyrrole nitrogens is 1. The van der Waals surface area contributed by atoms with E-state index in [-0.39, 0.29) is 12.0 Å². The molecule has 2 aliphatic rings. The first-order valence-corrected chi connectivity index (χ1v) is 13.4. The second-order valence-electron chi connectivity index (χ2n) is 10.9. The summed E-state index contributed by atoms with van der Waals surface area (Å²) in [6.07, 6.45) is 7.20. The van der Waals surface area contributed by atoms with Gasteiger partial charge in [-0.3, -0.25) is 4.79 Å². The minimum atomic E-state index is -0.725.